The van der Waals surface area contributed by atoms with E-state index in [-0.39, 0.29) is 17.3 Å². The van der Waals surface area contributed by atoms with Gasteiger partial charge in [-0.05, 0) is 73.2 Å². The minimum Gasteiger partial charge on any atom is -0.265 e. The Morgan fingerprint density at radius 3 is 2.44 bits per heavy atom. The lowest BCUT2D eigenvalue weighted by Gasteiger charge is -2.29. The summed E-state index contributed by atoms with van der Waals surface area (Å²) in [4.78, 5) is 24.9. The van der Waals surface area contributed by atoms with Gasteiger partial charge in [0, 0.05) is 22.5 Å². The van der Waals surface area contributed by atoms with Gasteiger partial charge in [0.05, 0.1) is 16.7 Å². The van der Waals surface area contributed by atoms with Crippen molar-refractivity contribution in [2.75, 3.05) is 0 Å². The van der Waals surface area contributed by atoms with E-state index in [9.17, 15) is 14.9 Å². The van der Waals surface area contributed by atoms with Crippen LogP contribution < -0.4 is 0 Å². The highest BCUT2D eigenvalue weighted by atomic mass is 35.5. The largest absolute Gasteiger partial charge is 0.320 e. The van der Waals surface area contributed by atoms with E-state index in [1.807, 2.05) is 36.4 Å². The first kappa shape index (κ1) is 24.2. The number of halogens is 2. The predicted octanol–water partition coefficient (Wildman–Crippen LogP) is 6.55. The van der Waals surface area contributed by atoms with Crippen LogP contribution in [0.2, 0.25) is 10.0 Å². The van der Waals surface area contributed by atoms with E-state index in [0.717, 1.165) is 41.7 Å². The Bertz CT molecular complexity index is 1380. The third-order valence-electron chi connectivity index (χ3n) is 6.60. The van der Waals surface area contributed by atoms with Crippen LogP contribution >= 0.6 is 23.2 Å². The molecule has 1 amide bonds. The van der Waals surface area contributed by atoms with E-state index < -0.39 is 16.9 Å². The first-order valence-electron chi connectivity index (χ1n) is 11.7. The molecule has 1 saturated carbocycles. The molecule has 184 valence electrons. The van der Waals surface area contributed by atoms with Crippen LogP contribution in [0.25, 0.3) is 6.08 Å². The SMILES string of the molecule is CCn1cc([N+](=O)[O-])c(C(=O)N2N=C3/C(=C\c4ccc(Cl)cc4)CCCC3C2c2ccc(Cl)cc2)n1. The van der Waals surface area contributed by atoms with Crippen molar-refractivity contribution in [3.63, 3.8) is 0 Å². The zero-order valence-corrected chi connectivity index (χ0v) is 21.0. The predicted molar refractivity (Wildman–Crippen MR) is 139 cm³/mol. The number of hydrazone groups is 1. The number of aromatic nitrogens is 2. The van der Waals surface area contributed by atoms with E-state index in [1.165, 1.54) is 15.9 Å². The number of amides is 1. The van der Waals surface area contributed by atoms with Crippen LogP contribution in [0.15, 0.2) is 65.4 Å². The monoisotopic (exact) mass is 523 g/mol. The van der Waals surface area contributed by atoms with Crippen molar-refractivity contribution < 1.29 is 9.72 Å². The highest BCUT2D eigenvalue weighted by molar-refractivity contribution is 6.30. The van der Waals surface area contributed by atoms with Crippen molar-refractivity contribution in [1.29, 1.82) is 0 Å². The van der Waals surface area contributed by atoms with E-state index in [2.05, 4.69) is 11.2 Å². The zero-order chi connectivity index (χ0) is 25.4. The fraction of sp³-hybridized carbons (Fsp3) is 0.269. The molecule has 10 heteroatoms. The van der Waals surface area contributed by atoms with Crippen molar-refractivity contribution in [3.8, 4) is 0 Å². The molecule has 0 N–H and O–H groups in total. The molecule has 3 aromatic rings. The van der Waals surface area contributed by atoms with Crippen molar-refractivity contribution in [2.24, 2.45) is 11.0 Å². The number of hydrogen-bond acceptors (Lipinski definition) is 5. The number of fused-ring (bicyclic) bond motifs is 1. The van der Waals surface area contributed by atoms with Gasteiger partial charge in [-0.25, -0.2) is 5.01 Å². The highest BCUT2D eigenvalue weighted by Gasteiger charge is 2.45. The topological polar surface area (TPSA) is 93.6 Å². The maximum atomic E-state index is 13.8. The van der Waals surface area contributed by atoms with Crippen LogP contribution in [0.4, 0.5) is 5.69 Å². The van der Waals surface area contributed by atoms with Crippen LogP contribution in [0, 0.1) is 16.0 Å². The molecule has 0 saturated heterocycles. The molecule has 0 spiro atoms. The molecule has 8 nitrogen and oxygen atoms in total. The summed E-state index contributed by atoms with van der Waals surface area (Å²) in [7, 11) is 0. The lowest BCUT2D eigenvalue weighted by Crippen LogP contribution is -2.32. The Balaban J connectivity index is 1.60. The number of carbonyl (C=O) groups excluding carboxylic acids is 1. The van der Waals surface area contributed by atoms with Crippen LogP contribution in [0.5, 0.6) is 0 Å². The van der Waals surface area contributed by atoms with Crippen molar-refractivity contribution in [1.82, 2.24) is 14.8 Å². The zero-order valence-electron chi connectivity index (χ0n) is 19.5. The van der Waals surface area contributed by atoms with E-state index in [4.69, 9.17) is 28.3 Å². The molecule has 2 aromatic carbocycles. The summed E-state index contributed by atoms with van der Waals surface area (Å²) >= 11 is 12.2. The fourth-order valence-electron chi connectivity index (χ4n) is 4.89. The number of aryl methyl sites for hydroxylation is 1. The molecule has 0 radical (unpaired) electrons. The first-order valence-corrected chi connectivity index (χ1v) is 12.5. The number of nitrogens with zero attached hydrogens (tertiary/aromatic N) is 5. The molecular formula is C26H23Cl2N5O3. The third kappa shape index (κ3) is 4.54. The summed E-state index contributed by atoms with van der Waals surface area (Å²) < 4.78 is 1.39. The van der Waals surface area contributed by atoms with Gasteiger partial charge in [-0.15, -0.1) is 0 Å². The van der Waals surface area contributed by atoms with Gasteiger partial charge in [-0.3, -0.25) is 19.6 Å². The highest BCUT2D eigenvalue weighted by Crippen LogP contribution is 2.45. The van der Waals surface area contributed by atoms with Crippen LogP contribution in [-0.2, 0) is 6.54 Å². The van der Waals surface area contributed by atoms with Crippen molar-refractivity contribution in [3.05, 3.63) is 97.3 Å². The standard InChI is InChI=1S/C26H23Cl2N5O3/c1-2-31-15-22(33(35)36)24(29-31)26(34)32-25(17-8-12-20(28)13-9-17)21-5-3-4-18(23(21)30-32)14-16-6-10-19(27)11-7-16/h6-15,21,25H,2-5H2,1H3/b18-14-. The second-order valence-corrected chi connectivity index (χ2v) is 9.70. The van der Waals surface area contributed by atoms with Gasteiger partial charge in [0.1, 0.15) is 6.20 Å². The Morgan fingerprint density at radius 1 is 1.14 bits per heavy atom. The molecule has 2 aliphatic rings. The molecule has 2 atom stereocenters. The second-order valence-electron chi connectivity index (χ2n) is 8.83. The molecule has 0 bridgehead atoms. The average molecular weight is 524 g/mol. The van der Waals surface area contributed by atoms with Gasteiger partial charge in [0.2, 0.25) is 5.69 Å². The van der Waals surface area contributed by atoms with E-state index in [0.29, 0.717) is 16.6 Å². The molecule has 1 aliphatic heterocycles. The molecular weight excluding hydrogens is 501 g/mol. The molecule has 1 fully saturated rings. The quantitative estimate of drug-likeness (QED) is 0.279. The normalized spacial score (nSPS) is 20.4. The summed E-state index contributed by atoms with van der Waals surface area (Å²) in [6, 6.07) is 14.4. The number of benzene rings is 2. The smallest absolute Gasteiger partial charge is 0.265 e. The van der Waals surface area contributed by atoms with E-state index >= 15 is 0 Å². The molecule has 36 heavy (non-hydrogen) atoms. The Hall–Kier alpha value is -3.49. The maximum Gasteiger partial charge on any atom is 0.320 e. The summed E-state index contributed by atoms with van der Waals surface area (Å²) in [6.07, 6.45) is 5.94. The van der Waals surface area contributed by atoms with Crippen LogP contribution in [0.3, 0.4) is 0 Å². The molecule has 5 rings (SSSR count). The molecule has 2 unspecified atom stereocenters. The number of allylic oxidation sites excluding steroid dienone is 1. The van der Waals surface area contributed by atoms with Crippen LogP contribution in [0.1, 0.15) is 53.8 Å². The maximum absolute atomic E-state index is 13.8. The van der Waals surface area contributed by atoms with Gasteiger partial charge < -0.3 is 0 Å². The Labute approximate surface area is 218 Å². The Kier molecular flexibility index (Phi) is 6.64. The number of hydrogen-bond donors (Lipinski definition) is 0. The molecule has 1 aromatic heterocycles. The van der Waals surface area contributed by atoms with Gasteiger partial charge in [-0.1, -0.05) is 47.5 Å². The Morgan fingerprint density at radius 2 is 1.81 bits per heavy atom. The molecule has 1 aliphatic carbocycles. The summed E-state index contributed by atoms with van der Waals surface area (Å²) in [5.74, 6) is -0.656. The van der Waals surface area contributed by atoms with Gasteiger partial charge in [0.15, 0.2) is 0 Å². The lowest BCUT2D eigenvalue weighted by molar-refractivity contribution is -0.385. The number of rotatable bonds is 5. The molecule has 2 heterocycles. The van der Waals surface area contributed by atoms with Crippen molar-refractivity contribution in [2.45, 2.75) is 38.8 Å². The van der Waals surface area contributed by atoms with E-state index in [1.54, 1.807) is 19.1 Å². The van der Waals surface area contributed by atoms with Crippen molar-refractivity contribution >= 4 is 46.6 Å². The first-order chi connectivity index (χ1) is 17.4. The lowest BCUT2D eigenvalue weighted by atomic mass is 9.77. The second kappa shape index (κ2) is 9.87. The third-order valence-corrected chi connectivity index (χ3v) is 7.10. The number of nitro groups is 1. The van der Waals surface area contributed by atoms with Gasteiger partial charge in [-0.2, -0.15) is 10.2 Å². The summed E-state index contributed by atoms with van der Waals surface area (Å²) in [6.45, 7) is 2.21. The summed E-state index contributed by atoms with van der Waals surface area (Å²) in [5.41, 5.74) is 3.17. The van der Waals surface area contributed by atoms with Gasteiger partial charge in [0.25, 0.3) is 0 Å². The van der Waals surface area contributed by atoms with Crippen LogP contribution in [-0.4, -0.2) is 31.3 Å². The fourth-order valence-corrected chi connectivity index (χ4v) is 5.14. The minimum atomic E-state index is -0.596. The average Bonchev–Trinajstić information content (AvgIpc) is 3.49. The minimum absolute atomic E-state index is 0.0604. The number of carbonyl (C=O) groups is 1. The van der Waals surface area contributed by atoms with Gasteiger partial charge >= 0.3 is 11.6 Å². The summed E-state index contributed by atoms with van der Waals surface area (Å²) in [5, 5.41) is 23.3.